The van der Waals surface area contributed by atoms with E-state index in [0.29, 0.717) is 19.0 Å². The van der Waals surface area contributed by atoms with E-state index in [4.69, 9.17) is 16.9 Å². The molecular weight excluding hydrogens is 226 g/mol. The number of terminal acetylenes is 1. The minimum Gasteiger partial charge on any atom is -0.383 e. The second-order valence-corrected chi connectivity index (χ2v) is 3.94. The fraction of sp³-hybridized carbons (Fsp3) is 0.214. The van der Waals surface area contributed by atoms with Gasteiger partial charge in [0.25, 0.3) is 0 Å². The summed E-state index contributed by atoms with van der Waals surface area (Å²) in [4.78, 5) is 4.31. The maximum atomic E-state index is 6.02. The van der Waals surface area contributed by atoms with Crippen molar-refractivity contribution >= 4 is 5.82 Å². The van der Waals surface area contributed by atoms with E-state index in [1.807, 2.05) is 24.3 Å². The van der Waals surface area contributed by atoms with Crippen molar-refractivity contribution in [2.24, 2.45) is 0 Å². The van der Waals surface area contributed by atoms with E-state index in [2.05, 4.69) is 10.9 Å². The first kappa shape index (κ1) is 12.2. The van der Waals surface area contributed by atoms with E-state index in [0.717, 1.165) is 16.8 Å². The number of aromatic nitrogens is 2. The molecule has 4 heteroatoms. The van der Waals surface area contributed by atoms with Crippen molar-refractivity contribution in [2.75, 3.05) is 12.8 Å². The average molecular weight is 241 g/mol. The third-order valence-corrected chi connectivity index (χ3v) is 2.65. The fourth-order valence-electron chi connectivity index (χ4n) is 1.81. The lowest BCUT2D eigenvalue weighted by Gasteiger charge is -2.04. The Labute approximate surface area is 106 Å². The Morgan fingerprint density at radius 2 is 2.33 bits per heavy atom. The number of rotatable bonds is 4. The lowest BCUT2D eigenvalue weighted by Crippen LogP contribution is -2.00. The highest BCUT2D eigenvalue weighted by Gasteiger charge is 2.09. The summed E-state index contributed by atoms with van der Waals surface area (Å²) in [6.07, 6.45) is 6.93. The number of ether oxygens (including phenoxy) is 1. The van der Waals surface area contributed by atoms with Gasteiger partial charge in [-0.3, -0.25) is 0 Å². The van der Waals surface area contributed by atoms with Crippen LogP contribution in [0.5, 0.6) is 0 Å². The summed E-state index contributed by atoms with van der Waals surface area (Å²) in [6, 6.07) is 7.95. The van der Waals surface area contributed by atoms with Crippen molar-refractivity contribution in [3.05, 3.63) is 36.2 Å². The maximum absolute atomic E-state index is 6.02. The summed E-state index contributed by atoms with van der Waals surface area (Å²) in [5.41, 5.74) is 8.83. The molecule has 0 aliphatic heterocycles. The van der Waals surface area contributed by atoms with E-state index >= 15 is 0 Å². The van der Waals surface area contributed by atoms with Crippen LogP contribution < -0.4 is 5.73 Å². The van der Waals surface area contributed by atoms with Crippen molar-refractivity contribution in [1.82, 2.24) is 9.55 Å². The molecule has 0 aliphatic carbocycles. The van der Waals surface area contributed by atoms with E-state index < -0.39 is 0 Å². The molecular formula is C14H15N3O. The molecule has 0 saturated carbocycles. The minimum absolute atomic E-state index is 0.427. The second kappa shape index (κ2) is 5.39. The summed E-state index contributed by atoms with van der Waals surface area (Å²) in [5.74, 6) is 3.13. The molecule has 2 rings (SSSR count). The molecule has 1 heterocycles. The van der Waals surface area contributed by atoms with E-state index in [1.54, 1.807) is 18.0 Å². The Hall–Kier alpha value is -2.25. The number of methoxy groups -OCH3 is 1. The summed E-state index contributed by atoms with van der Waals surface area (Å²) in [6.45, 7) is 0.995. The predicted octanol–water partition coefficient (Wildman–Crippen LogP) is 1.91. The van der Waals surface area contributed by atoms with Crippen molar-refractivity contribution in [2.45, 2.75) is 13.2 Å². The van der Waals surface area contributed by atoms with Gasteiger partial charge in [0.05, 0.1) is 19.5 Å². The second-order valence-electron chi connectivity index (χ2n) is 3.94. The Bertz CT molecular complexity index is 581. The number of nitrogen functional groups attached to an aromatic ring is 1. The molecule has 0 unspecified atom stereocenters. The molecule has 0 bridgehead atoms. The lowest BCUT2D eigenvalue weighted by molar-refractivity contribution is 0.185. The van der Waals surface area contributed by atoms with Gasteiger partial charge in [0.15, 0.2) is 0 Å². The molecule has 18 heavy (non-hydrogen) atoms. The van der Waals surface area contributed by atoms with Crippen molar-refractivity contribution in [1.29, 1.82) is 0 Å². The van der Waals surface area contributed by atoms with E-state index in [9.17, 15) is 0 Å². The molecule has 0 aliphatic rings. The number of nitrogens with zero attached hydrogens (tertiary/aromatic N) is 2. The lowest BCUT2D eigenvalue weighted by atomic mass is 10.1. The first-order valence-electron chi connectivity index (χ1n) is 5.58. The third-order valence-electron chi connectivity index (χ3n) is 2.65. The fourth-order valence-corrected chi connectivity index (χ4v) is 1.81. The van der Waals surface area contributed by atoms with Crippen LogP contribution in [0.4, 0.5) is 5.82 Å². The van der Waals surface area contributed by atoms with E-state index in [1.165, 1.54) is 0 Å². The van der Waals surface area contributed by atoms with Crippen LogP contribution in [0.1, 0.15) is 5.56 Å². The predicted molar refractivity (Wildman–Crippen MR) is 71.6 cm³/mol. The normalized spacial score (nSPS) is 10.2. The van der Waals surface area contributed by atoms with Crippen LogP contribution in [-0.4, -0.2) is 16.7 Å². The Kier molecular flexibility index (Phi) is 3.66. The number of hydrogen-bond donors (Lipinski definition) is 1. The van der Waals surface area contributed by atoms with Crippen LogP contribution >= 0.6 is 0 Å². The van der Waals surface area contributed by atoms with E-state index in [-0.39, 0.29) is 0 Å². The van der Waals surface area contributed by atoms with Gasteiger partial charge in [-0.1, -0.05) is 24.1 Å². The number of imidazole rings is 1. The number of anilines is 1. The average Bonchev–Trinajstić information content (AvgIpc) is 2.73. The highest BCUT2D eigenvalue weighted by atomic mass is 16.5. The van der Waals surface area contributed by atoms with Crippen LogP contribution in [0.15, 0.2) is 30.6 Å². The van der Waals surface area contributed by atoms with Gasteiger partial charge in [0.2, 0.25) is 0 Å². The summed E-state index contributed by atoms with van der Waals surface area (Å²) in [7, 11) is 1.67. The Balaban J connectivity index is 2.37. The molecule has 0 saturated heterocycles. The van der Waals surface area contributed by atoms with Gasteiger partial charge >= 0.3 is 0 Å². The topological polar surface area (TPSA) is 53.1 Å². The van der Waals surface area contributed by atoms with Crippen LogP contribution in [0, 0.1) is 12.3 Å². The van der Waals surface area contributed by atoms with Crippen molar-refractivity contribution < 1.29 is 4.74 Å². The Morgan fingerprint density at radius 3 is 3.06 bits per heavy atom. The first-order chi connectivity index (χ1) is 8.76. The van der Waals surface area contributed by atoms with Crippen molar-refractivity contribution in [3.8, 4) is 23.6 Å². The van der Waals surface area contributed by atoms with Gasteiger partial charge in [-0.05, 0) is 11.6 Å². The van der Waals surface area contributed by atoms with Crippen molar-refractivity contribution in [3.63, 3.8) is 0 Å². The molecule has 4 nitrogen and oxygen atoms in total. The van der Waals surface area contributed by atoms with Crippen LogP contribution in [-0.2, 0) is 17.9 Å². The summed E-state index contributed by atoms with van der Waals surface area (Å²) < 4.78 is 6.86. The molecule has 0 radical (unpaired) electrons. The number of nitrogens with two attached hydrogens (primary N) is 1. The van der Waals surface area contributed by atoms with Gasteiger partial charge in [0, 0.05) is 12.7 Å². The standard InChI is InChI=1S/C14H15N3O/c1-3-7-17-10-16-13(14(17)15)12-6-4-5-11(8-12)9-18-2/h1,4-6,8,10H,7,9,15H2,2H3. The third kappa shape index (κ3) is 2.36. The molecule has 2 N–H and O–H groups in total. The Morgan fingerprint density at radius 1 is 1.50 bits per heavy atom. The highest BCUT2D eigenvalue weighted by molar-refractivity contribution is 5.70. The first-order valence-corrected chi connectivity index (χ1v) is 5.58. The molecule has 1 aromatic carbocycles. The summed E-state index contributed by atoms with van der Waals surface area (Å²) >= 11 is 0. The van der Waals surface area contributed by atoms with Gasteiger partial charge in [-0.25, -0.2) is 4.98 Å². The molecule has 0 fully saturated rings. The minimum atomic E-state index is 0.427. The van der Waals surface area contributed by atoms with Gasteiger partial charge in [0.1, 0.15) is 11.5 Å². The zero-order valence-electron chi connectivity index (χ0n) is 10.3. The van der Waals surface area contributed by atoms with Crippen LogP contribution in [0.3, 0.4) is 0 Å². The monoisotopic (exact) mass is 241 g/mol. The molecule has 0 spiro atoms. The molecule has 2 aromatic rings. The summed E-state index contributed by atoms with van der Waals surface area (Å²) in [5, 5.41) is 0. The smallest absolute Gasteiger partial charge is 0.132 e. The number of benzene rings is 1. The van der Waals surface area contributed by atoms with Crippen LogP contribution in [0.25, 0.3) is 11.3 Å². The zero-order chi connectivity index (χ0) is 13.0. The van der Waals surface area contributed by atoms with Crippen LogP contribution in [0.2, 0.25) is 0 Å². The molecule has 1 aromatic heterocycles. The molecule has 92 valence electrons. The zero-order valence-corrected chi connectivity index (χ0v) is 10.3. The largest absolute Gasteiger partial charge is 0.383 e. The maximum Gasteiger partial charge on any atom is 0.132 e. The van der Waals surface area contributed by atoms with Gasteiger partial charge in [-0.2, -0.15) is 0 Å². The quantitative estimate of drug-likeness (QED) is 0.832. The molecule has 0 atom stereocenters. The van der Waals surface area contributed by atoms with Gasteiger partial charge < -0.3 is 15.0 Å². The molecule has 0 amide bonds. The van der Waals surface area contributed by atoms with Gasteiger partial charge in [-0.15, -0.1) is 6.42 Å². The number of hydrogen-bond acceptors (Lipinski definition) is 3. The highest BCUT2D eigenvalue weighted by Crippen LogP contribution is 2.25. The SMILES string of the molecule is C#CCn1cnc(-c2cccc(COC)c2)c1N.